The molecule has 0 aromatic heterocycles. The Balaban J connectivity index is 0.00000420. The van der Waals surface area contributed by atoms with Gasteiger partial charge in [-0.1, -0.05) is 78.9 Å². The number of aliphatic hydroxyl groups is 1. The second-order valence-electron chi connectivity index (χ2n) is 9.42. The van der Waals surface area contributed by atoms with E-state index < -0.39 is 0 Å². The van der Waals surface area contributed by atoms with E-state index in [-0.39, 0.29) is 80.2 Å². The number of nitrogens with two attached hydrogens (primary N) is 1. The summed E-state index contributed by atoms with van der Waals surface area (Å²) in [4.78, 5) is 13.3. The smallest absolute Gasteiger partial charge is 0.251 e. The minimum Gasteiger partial charge on any atom is -0.396 e. The van der Waals surface area contributed by atoms with Gasteiger partial charge in [-0.25, -0.2) is 4.39 Å². The summed E-state index contributed by atoms with van der Waals surface area (Å²) in [6, 6.07) is 30.5. The SMILES string of the molecule is N=C(N)c1cccc(CC(CO)C(CCc2ccccc2)NC(=O)c2ccc(-c3ccccc3F)cc2)c1.[Ac]. The van der Waals surface area contributed by atoms with Crippen molar-refractivity contribution in [2.75, 3.05) is 6.61 Å². The molecule has 7 heteroatoms. The zero-order chi connectivity index (χ0) is 26.9. The van der Waals surface area contributed by atoms with Crippen LogP contribution in [0, 0.1) is 61.2 Å². The van der Waals surface area contributed by atoms with Gasteiger partial charge in [-0.05, 0) is 60.2 Å². The van der Waals surface area contributed by atoms with Crippen molar-refractivity contribution in [1.29, 1.82) is 5.41 Å². The van der Waals surface area contributed by atoms with Gasteiger partial charge in [0.25, 0.3) is 5.91 Å². The topological polar surface area (TPSA) is 99.2 Å². The summed E-state index contributed by atoms with van der Waals surface area (Å²) in [5.74, 6) is -0.827. The second-order valence-corrected chi connectivity index (χ2v) is 9.42. The van der Waals surface area contributed by atoms with Gasteiger partial charge in [-0.2, -0.15) is 0 Å². The Morgan fingerprint density at radius 2 is 1.54 bits per heavy atom. The van der Waals surface area contributed by atoms with Gasteiger partial charge >= 0.3 is 0 Å². The van der Waals surface area contributed by atoms with Gasteiger partial charge in [0, 0.05) is 79.3 Å². The molecule has 5 N–H and O–H groups in total. The van der Waals surface area contributed by atoms with Crippen LogP contribution in [-0.2, 0) is 12.8 Å². The quantitative estimate of drug-likeness (QED) is 0.123. The number of amides is 1. The molecule has 197 valence electrons. The third-order valence-electron chi connectivity index (χ3n) is 6.77. The van der Waals surface area contributed by atoms with Crippen LogP contribution >= 0.6 is 0 Å². The maximum Gasteiger partial charge on any atom is 0.251 e. The fraction of sp³-hybridized carbons (Fsp3) is 0.188. The molecule has 0 aliphatic carbocycles. The normalized spacial score (nSPS) is 12.2. The van der Waals surface area contributed by atoms with Crippen molar-refractivity contribution in [3.8, 4) is 11.1 Å². The van der Waals surface area contributed by atoms with Crippen LogP contribution < -0.4 is 11.1 Å². The number of carbonyl (C=O) groups is 1. The predicted octanol–water partition coefficient (Wildman–Crippen LogP) is 5.36. The van der Waals surface area contributed by atoms with Crippen LogP contribution in [0.4, 0.5) is 4.39 Å². The van der Waals surface area contributed by atoms with Gasteiger partial charge in [0.15, 0.2) is 0 Å². The summed E-state index contributed by atoms with van der Waals surface area (Å²) in [6.07, 6.45) is 1.90. The molecule has 5 nitrogen and oxygen atoms in total. The Labute approximate surface area is 264 Å². The molecule has 1 amide bonds. The number of aryl methyl sites for hydroxylation is 1. The van der Waals surface area contributed by atoms with Gasteiger partial charge in [-0.15, -0.1) is 0 Å². The third kappa shape index (κ3) is 8.57. The Hall–Kier alpha value is -2.85. The van der Waals surface area contributed by atoms with E-state index in [2.05, 4.69) is 5.32 Å². The van der Waals surface area contributed by atoms with E-state index in [1.165, 1.54) is 6.07 Å². The van der Waals surface area contributed by atoms with E-state index in [1.807, 2.05) is 48.5 Å². The molecule has 2 atom stereocenters. The molecule has 0 saturated carbocycles. The first-order valence-electron chi connectivity index (χ1n) is 12.7. The van der Waals surface area contributed by atoms with E-state index in [0.717, 1.165) is 17.5 Å². The van der Waals surface area contributed by atoms with Crippen LogP contribution in [0.15, 0.2) is 103 Å². The number of amidine groups is 1. The number of halogens is 1. The Bertz CT molecular complexity index is 1380. The molecule has 4 aromatic carbocycles. The molecule has 2 unspecified atom stereocenters. The second kappa shape index (κ2) is 15.1. The fourth-order valence-corrected chi connectivity index (χ4v) is 4.64. The number of nitrogen functional groups attached to an aromatic ring is 1. The number of carbonyl (C=O) groups excluding carboxylic acids is 1. The number of rotatable bonds is 11. The van der Waals surface area contributed by atoms with Gasteiger partial charge in [-0.3, -0.25) is 10.2 Å². The predicted molar refractivity (Wildman–Crippen MR) is 150 cm³/mol. The van der Waals surface area contributed by atoms with Crippen LogP contribution in [-0.4, -0.2) is 29.5 Å². The molecule has 0 fully saturated rings. The zero-order valence-corrected chi connectivity index (χ0v) is 26.4. The van der Waals surface area contributed by atoms with Crippen LogP contribution in [0.25, 0.3) is 11.1 Å². The maximum absolute atomic E-state index is 14.2. The monoisotopic (exact) mass is 736 g/mol. The van der Waals surface area contributed by atoms with Crippen LogP contribution in [0.1, 0.15) is 33.5 Å². The number of aliphatic hydroxyl groups excluding tert-OH is 1. The van der Waals surface area contributed by atoms with E-state index >= 15 is 0 Å². The minimum atomic E-state index is -0.315. The van der Waals surface area contributed by atoms with E-state index in [4.69, 9.17) is 11.1 Å². The van der Waals surface area contributed by atoms with Crippen molar-refractivity contribution in [2.45, 2.75) is 25.3 Å². The summed E-state index contributed by atoms with van der Waals surface area (Å²) in [7, 11) is 0. The first kappa shape index (κ1) is 30.7. The van der Waals surface area contributed by atoms with E-state index in [0.29, 0.717) is 35.1 Å². The number of nitrogens with one attached hydrogen (secondary N) is 2. The van der Waals surface area contributed by atoms with Crippen molar-refractivity contribution in [3.05, 3.63) is 131 Å². The molecule has 0 heterocycles. The Morgan fingerprint density at radius 3 is 2.21 bits per heavy atom. The summed E-state index contributed by atoms with van der Waals surface area (Å²) in [5, 5.41) is 21.2. The van der Waals surface area contributed by atoms with E-state index in [9.17, 15) is 14.3 Å². The molecule has 0 aliphatic rings. The average Bonchev–Trinajstić information content (AvgIpc) is 2.95. The summed E-state index contributed by atoms with van der Waals surface area (Å²) in [5.41, 5.74) is 10.0. The zero-order valence-electron chi connectivity index (χ0n) is 21.7. The first-order chi connectivity index (χ1) is 18.4. The van der Waals surface area contributed by atoms with Crippen molar-refractivity contribution in [1.82, 2.24) is 5.32 Å². The summed E-state index contributed by atoms with van der Waals surface area (Å²) >= 11 is 0. The maximum atomic E-state index is 14.2. The molecule has 4 rings (SSSR count). The van der Waals surface area contributed by atoms with Gasteiger partial charge in [0.05, 0.1) is 0 Å². The minimum absolute atomic E-state index is 0. The van der Waals surface area contributed by atoms with Crippen LogP contribution in [0.2, 0.25) is 0 Å². The van der Waals surface area contributed by atoms with Gasteiger partial charge in [0.1, 0.15) is 11.7 Å². The molecule has 1 radical (unpaired) electrons. The van der Waals surface area contributed by atoms with Crippen LogP contribution in [0.3, 0.4) is 0 Å². The van der Waals surface area contributed by atoms with Gasteiger partial charge < -0.3 is 16.2 Å². The molecule has 0 saturated heterocycles. The van der Waals surface area contributed by atoms with Crippen molar-refractivity contribution in [2.24, 2.45) is 11.7 Å². The largest absolute Gasteiger partial charge is 0.396 e. The number of hydrogen-bond donors (Lipinski definition) is 4. The standard InChI is InChI=1S/C32H32FN3O2.Ac/c33-29-12-5-4-11-28(29)24-14-16-25(17-15-24)32(38)36-30(18-13-22-7-2-1-3-8-22)27(21-37)20-23-9-6-10-26(19-23)31(34)35;/h1-12,14-17,19,27,30,37H,13,18,20-21H2,(H3,34,35)(H,36,38);. The van der Waals surface area contributed by atoms with Crippen LogP contribution in [0.5, 0.6) is 0 Å². The summed E-state index contributed by atoms with van der Waals surface area (Å²) < 4.78 is 14.2. The number of hydrogen-bond acceptors (Lipinski definition) is 3. The van der Waals surface area contributed by atoms with Crippen molar-refractivity contribution < 1.29 is 58.4 Å². The Kier molecular flexibility index (Phi) is 11.9. The molecular formula is C32H32AcFN3O2. The van der Waals surface area contributed by atoms with Gasteiger partial charge in [0.2, 0.25) is 0 Å². The molecule has 39 heavy (non-hydrogen) atoms. The third-order valence-corrected chi connectivity index (χ3v) is 6.77. The number of benzene rings is 4. The summed E-state index contributed by atoms with van der Waals surface area (Å²) in [6.45, 7) is -0.115. The molecule has 0 aliphatic heterocycles. The molecular weight excluding hydrogens is 704 g/mol. The average molecular weight is 737 g/mol. The molecule has 4 aromatic rings. The fourth-order valence-electron chi connectivity index (χ4n) is 4.64. The first-order valence-corrected chi connectivity index (χ1v) is 12.7. The molecule has 0 spiro atoms. The van der Waals surface area contributed by atoms with E-state index in [1.54, 1.807) is 48.5 Å². The molecule has 0 bridgehead atoms. The Morgan fingerprint density at radius 1 is 0.872 bits per heavy atom. The van der Waals surface area contributed by atoms with Crippen molar-refractivity contribution >= 4 is 11.7 Å². The van der Waals surface area contributed by atoms with Crippen molar-refractivity contribution in [3.63, 3.8) is 0 Å².